The van der Waals surface area contributed by atoms with Gasteiger partial charge in [0.25, 0.3) is 0 Å². The molecule has 3 nitrogen and oxygen atoms in total. The number of rotatable bonds is 3. The summed E-state index contributed by atoms with van der Waals surface area (Å²) in [6, 6.07) is 8.03. The molecule has 32 heavy (non-hydrogen) atoms. The number of hydrogen-bond donors (Lipinski definition) is 0. The van der Waals surface area contributed by atoms with E-state index in [0.29, 0.717) is 18.6 Å². The van der Waals surface area contributed by atoms with E-state index in [2.05, 4.69) is 13.8 Å². The Bertz CT molecular complexity index is 1090. The lowest BCUT2D eigenvalue weighted by atomic mass is 9.48. The normalized spacial score (nSPS) is 41.5. The number of hydrogen-bond acceptors (Lipinski definition) is 3. The number of halogens is 1. The molecule has 0 spiro atoms. The molecular weight excluding hydrogens is 440 g/mol. The van der Waals surface area contributed by atoms with Crippen molar-refractivity contribution in [3.63, 3.8) is 0 Å². The SMILES string of the molecule is Cc1ccccc1CS(=O)[C@@]1(Cl)CCC2C3CCC4=CC(=O)C=C[C@]4(C)C3C(=O)C[C@@]21C. The predicted molar refractivity (Wildman–Crippen MR) is 129 cm³/mol. The van der Waals surface area contributed by atoms with Gasteiger partial charge in [-0.25, -0.2) is 0 Å². The van der Waals surface area contributed by atoms with Gasteiger partial charge in [-0.3, -0.25) is 13.8 Å². The molecule has 0 saturated heterocycles. The van der Waals surface area contributed by atoms with Crippen molar-refractivity contribution in [2.75, 3.05) is 0 Å². The second-order valence-corrected chi connectivity index (χ2v) is 13.3. The number of aryl methyl sites for hydroxylation is 1. The first kappa shape index (κ1) is 22.3. The van der Waals surface area contributed by atoms with Gasteiger partial charge in [0.05, 0.1) is 5.75 Å². The van der Waals surface area contributed by atoms with Gasteiger partial charge in [-0.05, 0) is 67.7 Å². The fourth-order valence-corrected chi connectivity index (χ4v) is 9.77. The predicted octanol–water partition coefficient (Wildman–Crippen LogP) is 5.67. The molecule has 1 aromatic carbocycles. The average molecular weight is 471 g/mol. The Morgan fingerprint density at radius 2 is 1.91 bits per heavy atom. The fraction of sp³-hybridized carbons (Fsp3) is 0.556. The smallest absolute Gasteiger partial charge is 0.178 e. The molecule has 170 valence electrons. The molecule has 4 aliphatic carbocycles. The maximum atomic E-state index is 13.8. The van der Waals surface area contributed by atoms with Crippen LogP contribution in [-0.2, 0) is 26.1 Å². The van der Waals surface area contributed by atoms with Gasteiger partial charge in [0.2, 0.25) is 0 Å². The Hall–Kier alpha value is -1.52. The van der Waals surface area contributed by atoms with E-state index in [0.717, 1.165) is 36.0 Å². The van der Waals surface area contributed by atoms with Crippen molar-refractivity contribution in [3.8, 4) is 0 Å². The second-order valence-electron chi connectivity index (χ2n) is 10.7. The molecule has 3 saturated carbocycles. The van der Waals surface area contributed by atoms with Crippen LogP contribution in [0.1, 0.15) is 57.1 Å². The topological polar surface area (TPSA) is 51.2 Å². The molecule has 0 heterocycles. The molecule has 4 unspecified atom stereocenters. The van der Waals surface area contributed by atoms with Gasteiger partial charge in [0, 0.05) is 34.0 Å². The van der Waals surface area contributed by atoms with Gasteiger partial charge in [0.1, 0.15) is 9.99 Å². The van der Waals surface area contributed by atoms with E-state index in [1.807, 2.05) is 37.3 Å². The zero-order chi connectivity index (χ0) is 22.9. The molecule has 7 atom stereocenters. The Kier molecular flexibility index (Phi) is 5.22. The van der Waals surface area contributed by atoms with E-state index < -0.39 is 20.4 Å². The summed E-state index contributed by atoms with van der Waals surface area (Å²) >= 11 is 7.30. The Labute approximate surface area is 198 Å². The minimum atomic E-state index is -1.29. The lowest BCUT2D eigenvalue weighted by molar-refractivity contribution is -0.141. The largest absolute Gasteiger partial charge is 0.299 e. The van der Waals surface area contributed by atoms with Crippen LogP contribution in [0.2, 0.25) is 0 Å². The van der Waals surface area contributed by atoms with Crippen LogP contribution >= 0.6 is 11.6 Å². The molecule has 0 aromatic heterocycles. The molecular formula is C27H31ClO3S. The molecule has 0 radical (unpaired) electrons. The first-order valence-corrected chi connectivity index (χ1v) is 13.4. The number of Topliss-reactive ketones (excluding diaryl/α,β-unsaturated/α-hetero) is 1. The van der Waals surface area contributed by atoms with Crippen LogP contribution in [0.3, 0.4) is 0 Å². The van der Waals surface area contributed by atoms with Crippen molar-refractivity contribution in [2.24, 2.45) is 28.6 Å². The minimum absolute atomic E-state index is 0.0243. The maximum Gasteiger partial charge on any atom is 0.178 e. The van der Waals surface area contributed by atoms with Crippen molar-refractivity contribution in [3.05, 3.63) is 59.2 Å². The molecule has 0 N–H and O–H groups in total. The first-order valence-electron chi connectivity index (χ1n) is 11.7. The van der Waals surface area contributed by atoms with Crippen LogP contribution in [0.4, 0.5) is 0 Å². The zero-order valence-electron chi connectivity index (χ0n) is 19.0. The van der Waals surface area contributed by atoms with Crippen molar-refractivity contribution in [2.45, 2.75) is 62.8 Å². The van der Waals surface area contributed by atoms with Crippen molar-refractivity contribution in [1.29, 1.82) is 0 Å². The zero-order valence-corrected chi connectivity index (χ0v) is 20.6. The third-order valence-corrected chi connectivity index (χ3v) is 12.3. The monoisotopic (exact) mass is 470 g/mol. The number of carbonyl (C=O) groups excluding carboxylic acids is 2. The number of allylic oxidation sites excluding steroid dienone is 4. The summed E-state index contributed by atoms with van der Waals surface area (Å²) in [5.74, 6) is 1.05. The van der Waals surface area contributed by atoms with E-state index in [1.54, 1.807) is 12.2 Å². The highest BCUT2D eigenvalue weighted by molar-refractivity contribution is 7.87. The van der Waals surface area contributed by atoms with Gasteiger partial charge >= 0.3 is 0 Å². The first-order chi connectivity index (χ1) is 15.1. The standard InChI is InChI=1S/C27H31ClO3S/c1-17-6-4-5-7-18(17)16-32(31)27(28)13-11-22-21-9-8-19-14-20(29)10-12-25(19,2)24(21)23(30)15-26(22,27)3/h4-7,10,12,14,21-22,24H,8-9,11,13,15-16H2,1-3H3/t21?,22?,24?,25-,26-,27-,32?/m0/s1. The number of carbonyl (C=O) groups is 2. The summed E-state index contributed by atoms with van der Waals surface area (Å²) in [6.07, 6.45) is 9.05. The van der Waals surface area contributed by atoms with E-state index in [4.69, 9.17) is 11.6 Å². The second kappa shape index (κ2) is 7.50. The fourth-order valence-electron chi connectivity index (χ4n) is 7.37. The Morgan fingerprint density at radius 1 is 1.16 bits per heavy atom. The number of fused-ring (bicyclic) bond motifs is 5. The number of ketones is 2. The highest BCUT2D eigenvalue weighted by Crippen LogP contribution is 2.68. The van der Waals surface area contributed by atoms with Crippen molar-refractivity contribution >= 4 is 34.0 Å². The minimum Gasteiger partial charge on any atom is -0.299 e. The molecule has 4 aliphatic rings. The summed E-state index contributed by atoms with van der Waals surface area (Å²) in [7, 11) is -1.29. The summed E-state index contributed by atoms with van der Waals surface area (Å²) in [5, 5.41) is 0. The highest BCUT2D eigenvalue weighted by atomic mass is 35.5. The molecule has 0 aliphatic heterocycles. The van der Waals surface area contributed by atoms with Crippen LogP contribution in [-0.4, -0.2) is 20.0 Å². The lowest BCUT2D eigenvalue weighted by Crippen LogP contribution is -2.57. The van der Waals surface area contributed by atoms with Crippen molar-refractivity contribution < 1.29 is 13.8 Å². The maximum absolute atomic E-state index is 13.8. The van der Waals surface area contributed by atoms with Gasteiger partial charge in [-0.1, -0.05) is 49.8 Å². The van der Waals surface area contributed by atoms with Crippen LogP contribution in [0.15, 0.2) is 48.1 Å². The third kappa shape index (κ3) is 3.01. The Balaban J connectivity index is 1.48. The summed E-state index contributed by atoms with van der Waals surface area (Å²) in [4.78, 5) is 25.7. The lowest BCUT2D eigenvalue weighted by Gasteiger charge is -2.56. The summed E-state index contributed by atoms with van der Waals surface area (Å²) < 4.78 is 12.9. The molecule has 1 aromatic rings. The van der Waals surface area contributed by atoms with Crippen LogP contribution in [0.5, 0.6) is 0 Å². The van der Waals surface area contributed by atoms with Crippen LogP contribution in [0.25, 0.3) is 0 Å². The summed E-state index contributed by atoms with van der Waals surface area (Å²) in [6.45, 7) is 6.28. The van der Waals surface area contributed by atoms with Gasteiger partial charge in [-0.2, -0.15) is 0 Å². The quantitative estimate of drug-likeness (QED) is 0.535. The van der Waals surface area contributed by atoms with Gasteiger partial charge in [-0.15, -0.1) is 11.6 Å². The van der Waals surface area contributed by atoms with E-state index in [1.165, 1.54) is 0 Å². The van der Waals surface area contributed by atoms with Crippen molar-refractivity contribution in [1.82, 2.24) is 0 Å². The third-order valence-electron chi connectivity index (χ3n) is 9.19. The summed E-state index contributed by atoms with van der Waals surface area (Å²) in [5.41, 5.74) is 2.43. The molecule has 5 heteroatoms. The average Bonchev–Trinajstić information content (AvgIpc) is 3.01. The highest BCUT2D eigenvalue weighted by Gasteiger charge is 2.67. The van der Waals surface area contributed by atoms with Gasteiger partial charge < -0.3 is 0 Å². The number of alkyl halides is 1. The van der Waals surface area contributed by atoms with Crippen LogP contribution in [0, 0.1) is 35.5 Å². The van der Waals surface area contributed by atoms with E-state index in [-0.39, 0.29) is 34.7 Å². The van der Waals surface area contributed by atoms with E-state index >= 15 is 0 Å². The molecule has 0 amide bonds. The Morgan fingerprint density at radius 3 is 2.66 bits per heavy atom. The number of benzene rings is 1. The van der Waals surface area contributed by atoms with Gasteiger partial charge in [0.15, 0.2) is 5.78 Å². The van der Waals surface area contributed by atoms with E-state index in [9.17, 15) is 13.8 Å². The van der Waals surface area contributed by atoms with Crippen LogP contribution < -0.4 is 0 Å². The molecule has 0 bridgehead atoms. The molecule has 3 fully saturated rings. The molecule has 5 rings (SSSR count).